The summed E-state index contributed by atoms with van der Waals surface area (Å²) in [6, 6.07) is 6.86. The molecule has 2 rings (SSSR count). The number of benzene rings is 2. The first-order valence-corrected chi connectivity index (χ1v) is 6.50. The van der Waals surface area contributed by atoms with Gasteiger partial charge in [-0.3, -0.25) is 4.79 Å². The van der Waals surface area contributed by atoms with E-state index in [-0.39, 0.29) is 21.1 Å². The molecule has 0 bridgehead atoms. The SMILES string of the molecule is [B]c1ccc(NC(=O)c2ccc(Br)c(F)c2)c(C)c1F. The van der Waals surface area contributed by atoms with E-state index >= 15 is 0 Å². The van der Waals surface area contributed by atoms with E-state index in [1.165, 1.54) is 31.2 Å². The summed E-state index contributed by atoms with van der Waals surface area (Å²) >= 11 is 3.00. The number of halogens is 3. The van der Waals surface area contributed by atoms with Gasteiger partial charge in [0.05, 0.1) is 4.47 Å². The van der Waals surface area contributed by atoms with Crippen molar-refractivity contribution in [2.45, 2.75) is 6.92 Å². The Balaban J connectivity index is 2.28. The second-order valence-corrected chi connectivity index (χ2v) is 5.08. The highest BCUT2D eigenvalue weighted by molar-refractivity contribution is 9.10. The van der Waals surface area contributed by atoms with Crippen LogP contribution >= 0.6 is 15.9 Å². The Morgan fingerprint density at radius 2 is 1.95 bits per heavy atom. The molecule has 20 heavy (non-hydrogen) atoms. The molecule has 0 saturated heterocycles. The fourth-order valence-corrected chi connectivity index (χ4v) is 1.92. The lowest BCUT2D eigenvalue weighted by atomic mass is 9.93. The first-order chi connectivity index (χ1) is 9.40. The summed E-state index contributed by atoms with van der Waals surface area (Å²) in [5, 5.41) is 2.52. The molecule has 0 aliphatic carbocycles. The minimum atomic E-state index is -0.579. The molecule has 0 unspecified atom stereocenters. The van der Waals surface area contributed by atoms with Gasteiger partial charge in [-0.2, -0.15) is 0 Å². The highest BCUT2D eigenvalue weighted by Gasteiger charge is 2.12. The number of hydrogen-bond acceptors (Lipinski definition) is 1. The predicted octanol–water partition coefficient (Wildman–Crippen LogP) is 3.08. The average Bonchev–Trinajstić information content (AvgIpc) is 2.42. The summed E-state index contributed by atoms with van der Waals surface area (Å²) in [6.45, 7) is 1.50. The maximum Gasteiger partial charge on any atom is 0.255 e. The van der Waals surface area contributed by atoms with Crippen LogP contribution in [-0.2, 0) is 0 Å². The van der Waals surface area contributed by atoms with Gasteiger partial charge in [0.2, 0.25) is 0 Å². The van der Waals surface area contributed by atoms with E-state index in [9.17, 15) is 13.6 Å². The van der Waals surface area contributed by atoms with E-state index in [1.54, 1.807) is 0 Å². The Bertz CT molecular complexity index is 691. The normalized spacial score (nSPS) is 10.4. The molecular weight excluding hydrogens is 327 g/mol. The maximum atomic E-state index is 13.6. The van der Waals surface area contributed by atoms with Crippen LogP contribution in [0.2, 0.25) is 0 Å². The van der Waals surface area contributed by atoms with Crippen molar-refractivity contribution in [2.24, 2.45) is 0 Å². The zero-order valence-corrected chi connectivity index (χ0v) is 12.1. The summed E-state index contributed by atoms with van der Waals surface area (Å²) in [4.78, 5) is 12.0. The van der Waals surface area contributed by atoms with Crippen molar-refractivity contribution in [3.63, 3.8) is 0 Å². The number of anilines is 1. The summed E-state index contributed by atoms with van der Waals surface area (Å²) in [5.74, 6) is -1.65. The van der Waals surface area contributed by atoms with Crippen LogP contribution in [0.5, 0.6) is 0 Å². The Labute approximate surface area is 124 Å². The van der Waals surface area contributed by atoms with Crippen LogP contribution in [0.15, 0.2) is 34.8 Å². The molecule has 1 N–H and O–H groups in total. The Hall–Kier alpha value is -1.69. The lowest BCUT2D eigenvalue weighted by Gasteiger charge is -2.11. The molecule has 2 aromatic carbocycles. The predicted molar refractivity (Wildman–Crippen MR) is 78.6 cm³/mol. The van der Waals surface area contributed by atoms with Gasteiger partial charge in [0.25, 0.3) is 5.91 Å². The van der Waals surface area contributed by atoms with Gasteiger partial charge in [0, 0.05) is 16.8 Å². The highest BCUT2D eigenvalue weighted by atomic mass is 79.9. The fourth-order valence-electron chi connectivity index (χ4n) is 1.67. The van der Waals surface area contributed by atoms with Crippen LogP contribution in [0.1, 0.15) is 15.9 Å². The van der Waals surface area contributed by atoms with Crippen LogP contribution in [-0.4, -0.2) is 13.8 Å². The number of rotatable bonds is 2. The molecule has 0 aliphatic rings. The maximum absolute atomic E-state index is 13.6. The minimum absolute atomic E-state index is 0.00943. The topological polar surface area (TPSA) is 29.1 Å². The van der Waals surface area contributed by atoms with E-state index in [2.05, 4.69) is 21.2 Å². The standard InChI is InChI=1S/C14H9BBrF2NO/c1-7-12(5-3-9(15)13(7)18)19-14(20)8-2-4-10(16)11(17)6-8/h2-6H,1H3,(H,19,20). The molecule has 6 heteroatoms. The first kappa shape index (κ1) is 14.7. The second-order valence-electron chi connectivity index (χ2n) is 4.22. The molecular formula is C14H9BBrF2NO. The largest absolute Gasteiger partial charge is 0.322 e. The van der Waals surface area contributed by atoms with Gasteiger partial charge in [-0.1, -0.05) is 11.5 Å². The third kappa shape index (κ3) is 2.90. The number of carbonyl (C=O) groups excluding carboxylic acids is 1. The Morgan fingerprint density at radius 1 is 1.25 bits per heavy atom. The smallest absolute Gasteiger partial charge is 0.255 e. The highest BCUT2D eigenvalue weighted by Crippen LogP contribution is 2.19. The second kappa shape index (κ2) is 5.75. The minimum Gasteiger partial charge on any atom is -0.322 e. The Morgan fingerprint density at radius 3 is 2.60 bits per heavy atom. The number of hydrogen-bond donors (Lipinski definition) is 1. The molecule has 0 aliphatic heterocycles. The van der Waals surface area contributed by atoms with E-state index in [1.807, 2.05) is 0 Å². The van der Waals surface area contributed by atoms with Crippen LogP contribution in [0.3, 0.4) is 0 Å². The van der Waals surface area contributed by atoms with Crippen LogP contribution in [0.4, 0.5) is 14.5 Å². The number of amides is 1. The van der Waals surface area contributed by atoms with Crippen molar-refractivity contribution in [2.75, 3.05) is 5.32 Å². The van der Waals surface area contributed by atoms with Crippen molar-refractivity contribution in [1.82, 2.24) is 0 Å². The van der Waals surface area contributed by atoms with Gasteiger partial charge in [-0.25, -0.2) is 8.78 Å². The summed E-state index contributed by atoms with van der Waals surface area (Å²) < 4.78 is 27.3. The molecule has 2 aromatic rings. The van der Waals surface area contributed by atoms with Gasteiger partial charge in [0.1, 0.15) is 19.5 Å². The molecule has 2 radical (unpaired) electrons. The monoisotopic (exact) mass is 335 g/mol. The molecule has 2 nitrogen and oxygen atoms in total. The summed E-state index contributed by atoms with van der Waals surface area (Å²) in [5.41, 5.74) is 0.679. The summed E-state index contributed by atoms with van der Waals surface area (Å²) in [6.07, 6.45) is 0. The lowest BCUT2D eigenvalue weighted by Crippen LogP contribution is -2.17. The molecule has 0 spiro atoms. The first-order valence-electron chi connectivity index (χ1n) is 5.71. The zero-order valence-electron chi connectivity index (χ0n) is 10.5. The van der Waals surface area contributed by atoms with Crippen molar-refractivity contribution >= 4 is 40.8 Å². The van der Waals surface area contributed by atoms with Gasteiger partial charge in [0.15, 0.2) is 0 Å². The molecule has 100 valence electrons. The third-order valence-corrected chi connectivity index (χ3v) is 3.49. The number of carbonyl (C=O) groups is 1. The van der Waals surface area contributed by atoms with E-state index in [0.29, 0.717) is 5.69 Å². The van der Waals surface area contributed by atoms with Crippen molar-refractivity contribution in [3.05, 3.63) is 57.6 Å². The van der Waals surface area contributed by atoms with Crippen molar-refractivity contribution < 1.29 is 13.6 Å². The van der Waals surface area contributed by atoms with E-state index in [0.717, 1.165) is 6.07 Å². The quantitative estimate of drug-likeness (QED) is 0.840. The van der Waals surface area contributed by atoms with Crippen molar-refractivity contribution in [3.8, 4) is 0 Å². The zero-order chi connectivity index (χ0) is 14.9. The van der Waals surface area contributed by atoms with Crippen LogP contribution in [0.25, 0.3) is 0 Å². The van der Waals surface area contributed by atoms with Gasteiger partial charge < -0.3 is 5.32 Å². The van der Waals surface area contributed by atoms with Crippen LogP contribution < -0.4 is 10.8 Å². The molecule has 1 amide bonds. The van der Waals surface area contributed by atoms with Gasteiger partial charge in [-0.15, -0.1) is 0 Å². The lowest BCUT2D eigenvalue weighted by molar-refractivity contribution is 0.102. The average molecular weight is 336 g/mol. The Kier molecular flexibility index (Phi) is 4.23. The molecule has 0 aromatic heterocycles. The van der Waals surface area contributed by atoms with E-state index in [4.69, 9.17) is 7.85 Å². The van der Waals surface area contributed by atoms with Gasteiger partial charge >= 0.3 is 0 Å². The number of nitrogens with one attached hydrogen (secondary N) is 1. The summed E-state index contributed by atoms with van der Waals surface area (Å²) in [7, 11) is 5.43. The molecule has 0 atom stereocenters. The third-order valence-electron chi connectivity index (χ3n) is 2.85. The molecule has 0 fully saturated rings. The van der Waals surface area contributed by atoms with E-state index < -0.39 is 17.5 Å². The molecule has 0 heterocycles. The van der Waals surface area contributed by atoms with Crippen molar-refractivity contribution in [1.29, 1.82) is 0 Å². The fraction of sp³-hybridized carbons (Fsp3) is 0.0714. The van der Waals surface area contributed by atoms with Crippen LogP contribution in [0, 0.1) is 18.6 Å². The van der Waals surface area contributed by atoms with Gasteiger partial charge in [-0.05, 0) is 47.1 Å². The molecule has 0 saturated carbocycles.